The van der Waals surface area contributed by atoms with Gasteiger partial charge < -0.3 is 9.73 Å². The highest BCUT2D eigenvalue weighted by atomic mass is 35.5. The molecule has 0 bridgehead atoms. The molecule has 1 aromatic carbocycles. The third-order valence-corrected chi connectivity index (χ3v) is 4.54. The highest BCUT2D eigenvalue weighted by molar-refractivity contribution is 7.99. The van der Waals surface area contributed by atoms with Crippen molar-refractivity contribution in [3.05, 3.63) is 47.7 Å². The standard InChI is InChI=1S/C17H17ClN4O2S/c1-11(2)22-16(14-7-4-8-24-14)20-21-17(22)25-10-15(23)19-13-6-3-5-12(18)9-13/h3-9,11H,10H2,1-2H3,(H,19,23). The monoisotopic (exact) mass is 376 g/mol. The van der Waals surface area contributed by atoms with E-state index in [1.54, 1.807) is 36.6 Å². The van der Waals surface area contributed by atoms with E-state index in [0.29, 0.717) is 27.5 Å². The normalized spacial score (nSPS) is 11.0. The Hall–Kier alpha value is -2.25. The number of furan rings is 1. The zero-order valence-electron chi connectivity index (χ0n) is 13.8. The highest BCUT2D eigenvalue weighted by Gasteiger charge is 2.19. The van der Waals surface area contributed by atoms with E-state index in [1.165, 1.54) is 11.8 Å². The maximum absolute atomic E-state index is 12.2. The maximum atomic E-state index is 12.2. The average Bonchev–Trinajstić information content (AvgIpc) is 3.22. The number of anilines is 1. The minimum Gasteiger partial charge on any atom is -0.461 e. The van der Waals surface area contributed by atoms with Gasteiger partial charge in [-0.3, -0.25) is 9.36 Å². The van der Waals surface area contributed by atoms with Crippen molar-refractivity contribution in [2.45, 2.75) is 25.0 Å². The highest BCUT2D eigenvalue weighted by Crippen LogP contribution is 2.28. The Bertz CT molecular complexity index is 861. The number of aromatic nitrogens is 3. The molecule has 0 aliphatic heterocycles. The SMILES string of the molecule is CC(C)n1c(SCC(=O)Nc2cccc(Cl)c2)nnc1-c1ccco1. The molecule has 3 rings (SSSR count). The summed E-state index contributed by atoms with van der Waals surface area (Å²) in [4.78, 5) is 12.2. The van der Waals surface area contributed by atoms with Gasteiger partial charge in [-0.25, -0.2) is 0 Å². The van der Waals surface area contributed by atoms with Crippen LogP contribution in [0.4, 0.5) is 5.69 Å². The lowest BCUT2D eigenvalue weighted by Gasteiger charge is -2.12. The van der Waals surface area contributed by atoms with E-state index in [0.717, 1.165) is 0 Å². The second-order valence-corrected chi connectivity index (χ2v) is 6.97. The van der Waals surface area contributed by atoms with Crippen LogP contribution in [0.25, 0.3) is 11.6 Å². The summed E-state index contributed by atoms with van der Waals surface area (Å²) in [5.41, 5.74) is 0.666. The van der Waals surface area contributed by atoms with Crippen LogP contribution in [0.3, 0.4) is 0 Å². The minimum atomic E-state index is -0.134. The number of hydrogen-bond acceptors (Lipinski definition) is 5. The quantitative estimate of drug-likeness (QED) is 0.641. The fourth-order valence-corrected chi connectivity index (χ4v) is 3.37. The van der Waals surface area contributed by atoms with Gasteiger partial charge in [-0.2, -0.15) is 0 Å². The van der Waals surface area contributed by atoms with E-state index >= 15 is 0 Å². The van der Waals surface area contributed by atoms with Crippen LogP contribution in [0.5, 0.6) is 0 Å². The Morgan fingerprint density at radius 3 is 2.84 bits per heavy atom. The smallest absolute Gasteiger partial charge is 0.234 e. The number of nitrogens with one attached hydrogen (secondary N) is 1. The van der Waals surface area contributed by atoms with Crippen molar-refractivity contribution in [1.82, 2.24) is 14.8 Å². The number of halogens is 1. The number of nitrogens with zero attached hydrogens (tertiary/aromatic N) is 3. The number of hydrogen-bond donors (Lipinski definition) is 1. The first-order chi connectivity index (χ1) is 12.0. The van der Waals surface area contributed by atoms with Gasteiger partial charge in [-0.05, 0) is 44.2 Å². The van der Waals surface area contributed by atoms with Gasteiger partial charge in [-0.1, -0.05) is 29.4 Å². The molecule has 0 aliphatic rings. The Morgan fingerprint density at radius 2 is 2.16 bits per heavy atom. The zero-order chi connectivity index (χ0) is 17.8. The van der Waals surface area contributed by atoms with E-state index in [-0.39, 0.29) is 17.7 Å². The van der Waals surface area contributed by atoms with Crippen LogP contribution in [0.1, 0.15) is 19.9 Å². The molecular weight excluding hydrogens is 360 g/mol. The molecule has 0 saturated carbocycles. The molecule has 0 saturated heterocycles. The molecular formula is C17H17ClN4O2S. The Morgan fingerprint density at radius 1 is 1.32 bits per heavy atom. The molecule has 0 aliphatic carbocycles. The third-order valence-electron chi connectivity index (χ3n) is 3.36. The van der Waals surface area contributed by atoms with Gasteiger partial charge in [0.05, 0.1) is 12.0 Å². The van der Waals surface area contributed by atoms with Crippen LogP contribution < -0.4 is 5.32 Å². The van der Waals surface area contributed by atoms with Crippen molar-refractivity contribution in [2.75, 3.05) is 11.1 Å². The summed E-state index contributed by atoms with van der Waals surface area (Å²) in [5, 5.41) is 12.5. The maximum Gasteiger partial charge on any atom is 0.234 e. The lowest BCUT2D eigenvalue weighted by Crippen LogP contribution is -2.15. The van der Waals surface area contributed by atoms with E-state index < -0.39 is 0 Å². The summed E-state index contributed by atoms with van der Waals surface area (Å²) in [6, 6.07) is 10.8. The van der Waals surface area contributed by atoms with Crippen molar-refractivity contribution >= 4 is 35.0 Å². The summed E-state index contributed by atoms with van der Waals surface area (Å²) >= 11 is 7.25. The predicted molar refractivity (Wildman–Crippen MR) is 98.9 cm³/mol. The average molecular weight is 377 g/mol. The molecule has 25 heavy (non-hydrogen) atoms. The van der Waals surface area contributed by atoms with Gasteiger partial charge >= 0.3 is 0 Å². The summed E-state index contributed by atoms with van der Waals surface area (Å²) in [6.45, 7) is 4.07. The first-order valence-corrected chi connectivity index (χ1v) is 9.08. The minimum absolute atomic E-state index is 0.133. The van der Waals surface area contributed by atoms with Gasteiger partial charge in [0.1, 0.15) is 0 Å². The number of carbonyl (C=O) groups is 1. The molecule has 3 aromatic rings. The Kier molecular flexibility index (Phi) is 5.45. The molecule has 6 nitrogen and oxygen atoms in total. The molecule has 0 atom stereocenters. The molecule has 2 aromatic heterocycles. The van der Waals surface area contributed by atoms with Gasteiger partial charge in [0.15, 0.2) is 10.9 Å². The van der Waals surface area contributed by atoms with E-state index in [9.17, 15) is 4.79 Å². The van der Waals surface area contributed by atoms with E-state index in [1.807, 2.05) is 24.5 Å². The number of amides is 1. The molecule has 1 amide bonds. The fraction of sp³-hybridized carbons (Fsp3) is 0.235. The van der Waals surface area contributed by atoms with E-state index in [4.69, 9.17) is 16.0 Å². The van der Waals surface area contributed by atoms with Crippen molar-refractivity contribution in [1.29, 1.82) is 0 Å². The lowest BCUT2D eigenvalue weighted by molar-refractivity contribution is -0.113. The zero-order valence-corrected chi connectivity index (χ0v) is 15.3. The Balaban J connectivity index is 1.70. The fourth-order valence-electron chi connectivity index (χ4n) is 2.31. The topological polar surface area (TPSA) is 73.0 Å². The lowest BCUT2D eigenvalue weighted by atomic mass is 10.3. The number of rotatable bonds is 6. The van der Waals surface area contributed by atoms with Gasteiger partial charge in [0.2, 0.25) is 11.7 Å². The second kappa shape index (κ2) is 7.76. The van der Waals surface area contributed by atoms with Crippen LogP contribution >= 0.6 is 23.4 Å². The molecule has 130 valence electrons. The second-order valence-electron chi connectivity index (χ2n) is 5.59. The van der Waals surface area contributed by atoms with Gasteiger partial charge in [0.25, 0.3) is 0 Å². The van der Waals surface area contributed by atoms with Crippen molar-refractivity contribution in [3.63, 3.8) is 0 Å². The molecule has 2 heterocycles. The summed E-state index contributed by atoms with van der Waals surface area (Å²) < 4.78 is 7.37. The van der Waals surface area contributed by atoms with Crippen LogP contribution in [0.15, 0.2) is 52.2 Å². The van der Waals surface area contributed by atoms with Crippen LogP contribution in [0, 0.1) is 0 Å². The molecule has 1 N–H and O–H groups in total. The summed E-state index contributed by atoms with van der Waals surface area (Å²) in [5.74, 6) is 1.38. The van der Waals surface area contributed by atoms with Crippen LogP contribution in [0.2, 0.25) is 5.02 Å². The van der Waals surface area contributed by atoms with Gasteiger partial charge in [-0.15, -0.1) is 10.2 Å². The number of benzene rings is 1. The largest absolute Gasteiger partial charge is 0.461 e. The Labute approximate surface area is 154 Å². The molecule has 0 unspecified atom stereocenters. The first-order valence-electron chi connectivity index (χ1n) is 7.71. The number of thioether (sulfide) groups is 1. The van der Waals surface area contributed by atoms with Crippen molar-refractivity contribution in [3.8, 4) is 11.6 Å². The van der Waals surface area contributed by atoms with Crippen molar-refractivity contribution in [2.24, 2.45) is 0 Å². The van der Waals surface area contributed by atoms with Crippen molar-refractivity contribution < 1.29 is 9.21 Å². The molecule has 0 radical (unpaired) electrons. The molecule has 8 heteroatoms. The first kappa shape index (κ1) is 17.6. The summed E-state index contributed by atoms with van der Waals surface area (Å²) in [6.07, 6.45) is 1.60. The third kappa shape index (κ3) is 4.24. The molecule has 0 spiro atoms. The summed E-state index contributed by atoms with van der Waals surface area (Å²) in [7, 11) is 0. The van der Waals surface area contributed by atoms with E-state index in [2.05, 4.69) is 15.5 Å². The van der Waals surface area contributed by atoms with Crippen LogP contribution in [-0.2, 0) is 4.79 Å². The van der Waals surface area contributed by atoms with Crippen LogP contribution in [-0.4, -0.2) is 26.4 Å². The number of carbonyl (C=O) groups excluding carboxylic acids is 1. The predicted octanol–water partition coefficient (Wildman–Crippen LogP) is 4.50. The van der Waals surface area contributed by atoms with Gasteiger partial charge in [0, 0.05) is 16.8 Å². The molecule has 0 fully saturated rings.